The number of carbonyl (C=O) groups is 1. The van der Waals surface area contributed by atoms with Crippen molar-refractivity contribution in [2.45, 2.75) is 78.1 Å². The van der Waals surface area contributed by atoms with Crippen molar-refractivity contribution >= 4 is 5.97 Å². The van der Waals surface area contributed by atoms with Crippen molar-refractivity contribution in [1.29, 1.82) is 0 Å². The van der Waals surface area contributed by atoms with E-state index in [1.165, 1.54) is 38.5 Å². The lowest BCUT2D eigenvalue weighted by molar-refractivity contribution is -0.134. The van der Waals surface area contributed by atoms with Crippen LogP contribution in [-0.4, -0.2) is 15.9 Å². The Labute approximate surface area is 163 Å². The highest BCUT2D eigenvalue weighted by molar-refractivity contribution is 5.72. The van der Waals surface area contributed by atoms with E-state index in [1.807, 2.05) is 36.7 Å². The van der Waals surface area contributed by atoms with Crippen LogP contribution in [0.4, 0.5) is 0 Å². The van der Waals surface area contributed by atoms with Gasteiger partial charge in [-0.2, -0.15) is 0 Å². The van der Waals surface area contributed by atoms with Gasteiger partial charge in [0, 0.05) is 18.2 Å². The molecular weight excluding hydrogens is 336 g/mol. The highest BCUT2D eigenvalue weighted by Gasteiger charge is 2.06. The number of ether oxygens (including phenoxy) is 1. The van der Waals surface area contributed by atoms with Gasteiger partial charge in [0.2, 0.25) is 0 Å². The molecule has 0 atom stereocenters. The number of benzene rings is 1. The fourth-order valence-corrected chi connectivity index (χ4v) is 2.92. The van der Waals surface area contributed by atoms with Crippen molar-refractivity contribution < 1.29 is 9.53 Å². The van der Waals surface area contributed by atoms with E-state index < -0.39 is 0 Å². The average Bonchev–Trinajstić information content (AvgIpc) is 2.70. The fourth-order valence-electron chi connectivity index (χ4n) is 2.92. The molecule has 0 saturated heterocycles. The summed E-state index contributed by atoms with van der Waals surface area (Å²) >= 11 is 0. The summed E-state index contributed by atoms with van der Waals surface area (Å²) in [4.78, 5) is 20.8. The van der Waals surface area contributed by atoms with Gasteiger partial charge in [-0.1, -0.05) is 52.4 Å². The first kappa shape index (κ1) is 21.1. The van der Waals surface area contributed by atoms with Crippen LogP contribution < -0.4 is 4.74 Å². The zero-order valence-corrected chi connectivity index (χ0v) is 16.7. The molecule has 0 unspecified atom stereocenters. The van der Waals surface area contributed by atoms with Gasteiger partial charge in [0.1, 0.15) is 5.75 Å². The largest absolute Gasteiger partial charge is 0.427 e. The van der Waals surface area contributed by atoms with E-state index in [0.29, 0.717) is 12.2 Å². The van der Waals surface area contributed by atoms with E-state index in [4.69, 9.17) is 4.74 Å². The molecule has 1 aromatic carbocycles. The molecule has 146 valence electrons. The average molecular weight is 369 g/mol. The molecule has 2 aromatic rings. The molecule has 1 aromatic heterocycles. The minimum Gasteiger partial charge on any atom is -0.427 e. The number of aryl methyl sites for hydroxylation is 1. The summed E-state index contributed by atoms with van der Waals surface area (Å²) in [6.45, 7) is 4.30. The summed E-state index contributed by atoms with van der Waals surface area (Å²) in [7, 11) is 0. The van der Waals surface area contributed by atoms with Gasteiger partial charge in [-0.3, -0.25) is 14.8 Å². The number of rotatable bonds is 12. The molecular formula is C23H32N2O2. The maximum Gasteiger partial charge on any atom is 0.311 e. The van der Waals surface area contributed by atoms with Crippen LogP contribution in [-0.2, 0) is 11.2 Å². The monoisotopic (exact) mass is 368 g/mol. The van der Waals surface area contributed by atoms with E-state index in [2.05, 4.69) is 23.8 Å². The quantitative estimate of drug-likeness (QED) is 0.256. The smallest absolute Gasteiger partial charge is 0.311 e. The molecule has 0 aliphatic carbocycles. The molecule has 2 rings (SSSR count). The van der Waals surface area contributed by atoms with Gasteiger partial charge >= 0.3 is 5.97 Å². The zero-order valence-electron chi connectivity index (χ0n) is 16.7. The lowest BCUT2D eigenvalue weighted by atomic mass is 10.1. The Morgan fingerprint density at radius 2 is 1.56 bits per heavy atom. The maximum absolute atomic E-state index is 11.7. The van der Waals surface area contributed by atoms with Gasteiger partial charge in [0.15, 0.2) is 0 Å². The second-order valence-corrected chi connectivity index (χ2v) is 7.01. The van der Waals surface area contributed by atoms with Gasteiger partial charge in [-0.15, -0.1) is 0 Å². The van der Waals surface area contributed by atoms with Gasteiger partial charge in [0.05, 0.1) is 17.6 Å². The summed E-state index contributed by atoms with van der Waals surface area (Å²) < 4.78 is 5.33. The highest BCUT2D eigenvalue weighted by Crippen LogP contribution is 2.21. The van der Waals surface area contributed by atoms with Crippen LogP contribution in [0.1, 0.15) is 77.3 Å². The molecule has 0 radical (unpaired) electrons. The van der Waals surface area contributed by atoms with Crippen molar-refractivity contribution in [2.75, 3.05) is 0 Å². The third kappa shape index (κ3) is 7.90. The number of esters is 1. The van der Waals surface area contributed by atoms with E-state index >= 15 is 0 Å². The molecule has 0 amide bonds. The Hall–Kier alpha value is -2.23. The van der Waals surface area contributed by atoms with Crippen LogP contribution in [0.2, 0.25) is 0 Å². The molecule has 0 saturated carbocycles. The molecule has 4 heteroatoms. The molecule has 0 bridgehead atoms. The number of hydrogen-bond acceptors (Lipinski definition) is 4. The Morgan fingerprint density at radius 1 is 0.852 bits per heavy atom. The predicted octanol–water partition coefficient (Wildman–Crippen LogP) is 6.14. The SMILES string of the molecule is CCCCCCCCc1cnc(-c2ccc(OC(=O)CCCC)cc2)cn1. The van der Waals surface area contributed by atoms with Crippen LogP contribution in [0.5, 0.6) is 5.75 Å². The van der Waals surface area contributed by atoms with Crippen molar-refractivity contribution in [2.24, 2.45) is 0 Å². The number of unbranched alkanes of at least 4 members (excludes halogenated alkanes) is 6. The molecule has 0 aliphatic rings. The number of hydrogen-bond donors (Lipinski definition) is 0. The summed E-state index contributed by atoms with van der Waals surface area (Å²) in [5.74, 6) is 0.399. The number of nitrogens with zero attached hydrogens (tertiary/aromatic N) is 2. The highest BCUT2D eigenvalue weighted by atomic mass is 16.5. The van der Waals surface area contributed by atoms with E-state index in [1.54, 1.807) is 0 Å². The lowest BCUT2D eigenvalue weighted by Gasteiger charge is -2.06. The minimum atomic E-state index is -0.177. The molecule has 1 heterocycles. The minimum absolute atomic E-state index is 0.177. The van der Waals surface area contributed by atoms with Crippen LogP contribution in [0.3, 0.4) is 0 Å². The maximum atomic E-state index is 11.7. The number of aromatic nitrogens is 2. The first-order chi connectivity index (χ1) is 13.2. The molecule has 0 N–H and O–H groups in total. The van der Waals surface area contributed by atoms with Crippen molar-refractivity contribution in [3.63, 3.8) is 0 Å². The topological polar surface area (TPSA) is 52.1 Å². The molecule has 4 nitrogen and oxygen atoms in total. The second kappa shape index (κ2) is 12.2. The van der Waals surface area contributed by atoms with Gasteiger partial charge in [0.25, 0.3) is 0 Å². The normalized spacial score (nSPS) is 10.7. The summed E-state index contributed by atoms with van der Waals surface area (Å²) in [6, 6.07) is 7.45. The van der Waals surface area contributed by atoms with Crippen LogP contribution in [0, 0.1) is 0 Å². The van der Waals surface area contributed by atoms with Crippen LogP contribution >= 0.6 is 0 Å². The van der Waals surface area contributed by atoms with Crippen molar-refractivity contribution in [3.05, 3.63) is 42.4 Å². The Morgan fingerprint density at radius 3 is 2.22 bits per heavy atom. The standard InChI is InChI=1S/C23H32N2O2/c1-3-5-7-8-9-10-11-20-17-25-22(18-24-20)19-13-15-21(16-14-19)27-23(26)12-6-4-2/h13-18H,3-12H2,1-2H3. The first-order valence-electron chi connectivity index (χ1n) is 10.3. The molecule has 27 heavy (non-hydrogen) atoms. The van der Waals surface area contributed by atoms with Crippen molar-refractivity contribution in [3.8, 4) is 17.0 Å². The van der Waals surface area contributed by atoms with Crippen LogP contribution in [0.15, 0.2) is 36.7 Å². The van der Waals surface area contributed by atoms with E-state index in [9.17, 15) is 4.79 Å². The Bertz CT molecular complexity index is 666. The summed E-state index contributed by atoms with van der Waals surface area (Å²) in [6.07, 6.45) is 14.7. The summed E-state index contributed by atoms with van der Waals surface area (Å²) in [5, 5.41) is 0. The molecule has 0 aliphatic heterocycles. The van der Waals surface area contributed by atoms with Crippen LogP contribution in [0.25, 0.3) is 11.3 Å². The second-order valence-electron chi connectivity index (χ2n) is 7.01. The Kier molecular flexibility index (Phi) is 9.53. The van der Waals surface area contributed by atoms with E-state index in [-0.39, 0.29) is 5.97 Å². The third-order valence-electron chi connectivity index (χ3n) is 4.61. The molecule has 0 spiro atoms. The number of carbonyl (C=O) groups excluding carboxylic acids is 1. The van der Waals surface area contributed by atoms with Gasteiger partial charge in [-0.05, 0) is 43.5 Å². The lowest BCUT2D eigenvalue weighted by Crippen LogP contribution is -2.07. The summed E-state index contributed by atoms with van der Waals surface area (Å²) in [5.41, 5.74) is 2.86. The molecule has 0 fully saturated rings. The predicted molar refractivity (Wildman–Crippen MR) is 110 cm³/mol. The third-order valence-corrected chi connectivity index (χ3v) is 4.61. The van der Waals surface area contributed by atoms with Gasteiger partial charge in [-0.25, -0.2) is 0 Å². The Balaban J connectivity index is 1.81. The van der Waals surface area contributed by atoms with Gasteiger partial charge < -0.3 is 4.74 Å². The first-order valence-corrected chi connectivity index (χ1v) is 10.3. The zero-order chi connectivity index (χ0) is 19.3. The van der Waals surface area contributed by atoms with Crippen molar-refractivity contribution in [1.82, 2.24) is 9.97 Å². The fraction of sp³-hybridized carbons (Fsp3) is 0.522. The van der Waals surface area contributed by atoms with E-state index in [0.717, 1.165) is 36.2 Å².